The van der Waals surface area contributed by atoms with Gasteiger partial charge in [0.05, 0.1) is 20.2 Å². The number of nitrogens with two attached hydrogens (primary N) is 1. The van der Waals surface area contributed by atoms with Crippen molar-refractivity contribution in [2.75, 3.05) is 56.2 Å². The van der Waals surface area contributed by atoms with Gasteiger partial charge in [0, 0.05) is 57.6 Å². The predicted molar refractivity (Wildman–Crippen MR) is 228 cm³/mol. The molecular weight excluding hydrogens is 844 g/mol. The molecule has 0 aliphatic heterocycles. The minimum atomic E-state index is -3.92. The van der Waals surface area contributed by atoms with E-state index < -0.39 is 20.2 Å². The number of benzene rings is 4. The summed E-state index contributed by atoms with van der Waals surface area (Å²) in [6.45, 7) is 0. The van der Waals surface area contributed by atoms with Crippen LogP contribution in [-0.2, 0) is 39.4 Å². The molecule has 0 saturated heterocycles. The van der Waals surface area contributed by atoms with Gasteiger partial charge in [-0.1, -0.05) is 76.8 Å². The summed E-state index contributed by atoms with van der Waals surface area (Å²) in [5.41, 5.74) is 16.4. The molecule has 0 unspecified atom stereocenters. The van der Waals surface area contributed by atoms with Crippen LogP contribution in [0.4, 0.5) is 17.1 Å². The van der Waals surface area contributed by atoms with Crippen LogP contribution in [0, 0.1) is 0 Å². The van der Waals surface area contributed by atoms with Gasteiger partial charge in [-0.25, -0.2) is 16.8 Å². The molecule has 2 aliphatic rings. The van der Waals surface area contributed by atoms with E-state index in [1.54, 1.807) is 5.30 Å². The summed E-state index contributed by atoms with van der Waals surface area (Å²) < 4.78 is 55.6. The molecule has 2 saturated carbocycles. The molecule has 0 heterocycles. The van der Waals surface area contributed by atoms with Crippen molar-refractivity contribution >= 4 is 54.6 Å². The Hall–Kier alpha value is -2.81. The number of nitrogen functional groups attached to an aromatic ring is 1. The maximum absolute atomic E-state index is 9.08. The fourth-order valence-electron chi connectivity index (χ4n) is 7.27. The average molecular weight is 901 g/mol. The third kappa shape index (κ3) is 15.9. The van der Waals surface area contributed by atoms with Crippen molar-refractivity contribution in [3.05, 3.63) is 91.0 Å². The standard InChI is InChI=1S/C28H41N2P.C12H10N.2CH4O3S.Pd/c1-29(2)25-19-13-20-26(30(3)4)28(25)24-18-11-12-21-27(24)31(22-14-7-5-8-15-22)23-16-9-6-10-17-23;13-12-9-5-4-8-11(12)10-6-2-1-3-7-10;2*1-5(2,3)4;/h11-13,18-23H,5-10,14-17H2,1-4H3;1-6,8-9H,13H2;2*1H3,(H,2,3,4);/q;;;;+2/p-2. The number of nitrogens with zero attached hydrogens (tertiary/aromatic N) is 2. The van der Waals surface area contributed by atoms with Crippen molar-refractivity contribution < 1.29 is 45.1 Å². The van der Waals surface area contributed by atoms with Crippen LogP contribution in [0.1, 0.15) is 64.2 Å². The second-order valence-electron chi connectivity index (χ2n) is 14.4. The quantitative estimate of drug-likeness (QED) is 0.0854. The zero-order valence-electron chi connectivity index (χ0n) is 32.9. The molecule has 2 aliphatic carbocycles. The number of para-hydroxylation sites is 1. The molecule has 0 bridgehead atoms. The first-order valence-corrected chi connectivity index (χ1v) is 24.5. The molecule has 0 aromatic heterocycles. The van der Waals surface area contributed by atoms with Crippen LogP contribution >= 0.6 is 7.92 Å². The van der Waals surface area contributed by atoms with Crippen LogP contribution in [0.3, 0.4) is 0 Å². The van der Waals surface area contributed by atoms with E-state index in [-0.39, 0.29) is 7.92 Å². The van der Waals surface area contributed by atoms with E-state index in [9.17, 15) is 0 Å². The molecule has 2 N–H and O–H groups in total. The maximum atomic E-state index is 9.08. The molecule has 0 radical (unpaired) electrons. The Kier molecular flexibility index (Phi) is 18.8. The van der Waals surface area contributed by atoms with Crippen LogP contribution in [0.2, 0.25) is 0 Å². The van der Waals surface area contributed by atoms with Crippen molar-refractivity contribution in [3.63, 3.8) is 0 Å². The van der Waals surface area contributed by atoms with Gasteiger partial charge in [-0.15, -0.1) is 0 Å². The second kappa shape index (κ2) is 22.2. The zero-order valence-corrected chi connectivity index (χ0v) is 37.0. The monoisotopic (exact) mass is 900 g/mol. The molecule has 303 valence electrons. The second-order valence-corrected chi connectivity index (χ2v) is 20.8. The molecular formula is C42H57N3O6PPdS2. The molecule has 6 rings (SSSR count). The van der Waals surface area contributed by atoms with Gasteiger partial charge in [-0.3, -0.25) is 0 Å². The van der Waals surface area contributed by atoms with Gasteiger partial charge >= 0.3 is 94.3 Å². The van der Waals surface area contributed by atoms with Gasteiger partial charge < -0.3 is 18.9 Å². The normalized spacial score (nSPS) is 15.0. The molecule has 4 aromatic rings. The Morgan fingerprint density at radius 2 is 0.964 bits per heavy atom. The van der Waals surface area contributed by atoms with E-state index in [1.807, 2.05) is 42.5 Å². The van der Waals surface area contributed by atoms with Crippen LogP contribution in [0.15, 0.2) is 91.0 Å². The first-order chi connectivity index (χ1) is 25.9. The van der Waals surface area contributed by atoms with E-state index in [2.05, 4.69) is 106 Å². The van der Waals surface area contributed by atoms with Crippen molar-refractivity contribution in [2.24, 2.45) is 0 Å². The first kappa shape index (κ1) is 46.6. The number of hydrogen-bond donors (Lipinski definition) is 1. The van der Waals surface area contributed by atoms with E-state index in [4.69, 9.17) is 31.7 Å². The van der Waals surface area contributed by atoms with Gasteiger partial charge in [0.15, 0.2) is 0 Å². The van der Waals surface area contributed by atoms with Crippen LogP contribution in [0.5, 0.6) is 0 Å². The molecule has 55 heavy (non-hydrogen) atoms. The summed E-state index contributed by atoms with van der Waals surface area (Å²) in [6.07, 6.45) is 15.7. The number of anilines is 3. The number of rotatable bonds is 7. The van der Waals surface area contributed by atoms with E-state index in [0.717, 1.165) is 32.2 Å². The summed E-state index contributed by atoms with van der Waals surface area (Å²) in [7, 11) is 0.776. The fourth-order valence-corrected chi connectivity index (χ4v) is 11.7. The average Bonchev–Trinajstić information content (AvgIpc) is 3.12. The topological polar surface area (TPSA) is 147 Å². The summed E-state index contributed by atoms with van der Waals surface area (Å²) in [5, 5.41) is 1.69. The molecule has 4 aromatic carbocycles. The summed E-state index contributed by atoms with van der Waals surface area (Å²) in [5.74, 6) is 0. The Morgan fingerprint density at radius 1 is 0.582 bits per heavy atom. The van der Waals surface area contributed by atoms with Crippen molar-refractivity contribution in [2.45, 2.75) is 75.5 Å². The van der Waals surface area contributed by atoms with Gasteiger partial charge in [0.1, 0.15) is 0 Å². The molecule has 2 fully saturated rings. The molecule has 0 amide bonds. The van der Waals surface area contributed by atoms with E-state index >= 15 is 0 Å². The van der Waals surface area contributed by atoms with Crippen molar-refractivity contribution in [1.29, 1.82) is 0 Å². The third-order valence-corrected chi connectivity index (χ3v) is 13.7. The Morgan fingerprint density at radius 3 is 1.38 bits per heavy atom. The Balaban J connectivity index is 0.000000277. The van der Waals surface area contributed by atoms with E-state index in [0.29, 0.717) is 12.5 Å². The number of hydrogen-bond acceptors (Lipinski definition) is 9. The summed E-state index contributed by atoms with van der Waals surface area (Å²) in [4.78, 5) is 4.59. The summed E-state index contributed by atoms with van der Waals surface area (Å²) in [6, 6.07) is 32.3. The van der Waals surface area contributed by atoms with Crippen LogP contribution in [-0.4, -0.2) is 78.0 Å². The molecule has 0 spiro atoms. The Bertz CT molecular complexity index is 1880. The van der Waals surface area contributed by atoms with Gasteiger partial charge in [-0.2, -0.15) is 0 Å². The Labute approximate surface area is 342 Å². The first-order valence-electron chi connectivity index (χ1n) is 18.6. The SMILES string of the molecule is CN(C)c1cccc(N(C)C)c1-c1ccccc1P(C1CCCCC1)C1CCCCC1.CS(=O)(=O)[O-].CS(=O)(=O)[O-].Nc1ccccc1-c1cccc[c]1[Pd+2]. The minimum absolute atomic E-state index is 0.137. The van der Waals surface area contributed by atoms with Gasteiger partial charge in [0.2, 0.25) is 0 Å². The molecule has 0 atom stereocenters. The van der Waals surface area contributed by atoms with Crippen molar-refractivity contribution in [1.82, 2.24) is 0 Å². The van der Waals surface area contributed by atoms with Crippen LogP contribution < -0.4 is 24.9 Å². The fraction of sp³-hybridized carbons (Fsp3) is 0.429. The zero-order chi connectivity index (χ0) is 40.8. The third-order valence-electron chi connectivity index (χ3n) is 9.47. The van der Waals surface area contributed by atoms with Crippen molar-refractivity contribution in [3.8, 4) is 22.3 Å². The van der Waals surface area contributed by atoms with Gasteiger partial charge in [-0.05, 0) is 60.0 Å². The van der Waals surface area contributed by atoms with E-state index in [1.165, 1.54) is 86.7 Å². The van der Waals surface area contributed by atoms with Crippen LogP contribution in [0.25, 0.3) is 22.3 Å². The summed E-state index contributed by atoms with van der Waals surface area (Å²) >= 11 is 3.23. The molecule has 9 nitrogen and oxygen atoms in total. The predicted octanol–water partition coefficient (Wildman–Crippen LogP) is 7.69. The van der Waals surface area contributed by atoms with Gasteiger partial charge in [0.25, 0.3) is 0 Å². The molecule has 13 heteroatoms.